The van der Waals surface area contributed by atoms with E-state index in [4.69, 9.17) is 0 Å². The lowest BCUT2D eigenvalue weighted by Gasteiger charge is -2.12. The van der Waals surface area contributed by atoms with E-state index in [-0.39, 0.29) is 5.91 Å². The van der Waals surface area contributed by atoms with Crippen molar-refractivity contribution >= 4 is 39.3 Å². The maximum atomic E-state index is 11.9. The second kappa shape index (κ2) is 7.09. The number of carbonyl (C=O) groups excluding carboxylic acids is 1. The number of nitrogens with zero attached hydrogens (tertiary/aromatic N) is 1. The van der Waals surface area contributed by atoms with Crippen LogP contribution >= 0.6 is 15.9 Å². The third-order valence-corrected chi connectivity index (χ3v) is 3.48. The molecule has 0 atom stereocenters. The van der Waals surface area contributed by atoms with Gasteiger partial charge in [0.1, 0.15) is 0 Å². The number of rotatable bonds is 4. The third kappa shape index (κ3) is 4.76. The van der Waals surface area contributed by atoms with Crippen molar-refractivity contribution in [1.29, 1.82) is 0 Å². The van der Waals surface area contributed by atoms with Gasteiger partial charge in [-0.15, -0.1) is 0 Å². The van der Waals surface area contributed by atoms with Crippen LogP contribution in [0, 0.1) is 0 Å². The van der Waals surface area contributed by atoms with Gasteiger partial charge in [-0.2, -0.15) is 0 Å². The summed E-state index contributed by atoms with van der Waals surface area (Å²) in [7, 11) is 3.96. The van der Waals surface area contributed by atoms with Crippen molar-refractivity contribution in [3.63, 3.8) is 0 Å². The van der Waals surface area contributed by atoms with Crippen LogP contribution in [-0.4, -0.2) is 20.0 Å². The zero-order valence-electron chi connectivity index (χ0n) is 12.0. The van der Waals surface area contributed by atoms with Gasteiger partial charge in [-0.1, -0.05) is 28.1 Å². The van der Waals surface area contributed by atoms with Crippen molar-refractivity contribution in [2.75, 3.05) is 24.3 Å². The highest BCUT2D eigenvalue weighted by Crippen LogP contribution is 2.16. The fourth-order valence-corrected chi connectivity index (χ4v) is 2.04. The summed E-state index contributed by atoms with van der Waals surface area (Å²) < 4.78 is 1.02. The predicted octanol–water partition coefficient (Wildman–Crippen LogP) is 4.17. The van der Waals surface area contributed by atoms with Gasteiger partial charge in [-0.05, 0) is 48.0 Å². The zero-order valence-corrected chi connectivity index (χ0v) is 13.6. The minimum Gasteiger partial charge on any atom is -0.378 e. The predicted molar refractivity (Wildman–Crippen MR) is 92.6 cm³/mol. The molecular weight excluding hydrogens is 328 g/mol. The molecule has 3 nitrogen and oxygen atoms in total. The molecule has 4 heteroatoms. The van der Waals surface area contributed by atoms with Gasteiger partial charge in [0.25, 0.3) is 0 Å². The lowest BCUT2D eigenvalue weighted by atomic mass is 10.2. The van der Waals surface area contributed by atoms with Gasteiger partial charge in [0, 0.05) is 36.0 Å². The SMILES string of the molecule is CN(C)c1ccc(NC(=O)C=Cc2ccc(Br)cc2)cc1. The molecule has 0 bridgehead atoms. The van der Waals surface area contributed by atoms with E-state index in [1.54, 1.807) is 6.08 Å². The van der Waals surface area contributed by atoms with Crippen molar-refractivity contribution < 1.29 is 4.79 Å². The second-order valence-corrected chi connectivity index (χ2v) is 5.73. The average Bonchev–Trinajstić information content (AvgIpc) is 2.47. The number of benzene rings is 2. The standard InChI is InChI=1S/C17H17BrN2O/c1-20(2)16-10-8-15(9-11-16)19-17(21)12-5-13-3-6-14(18)7-4-13/h3-12H,1-2H3,(H,19,21). The molecular formula is C17H17BrN2O. The Labute approximate surface area is 133 Å². The molecule has 0 heterocycles. The molecule has 21 heavy (non-hydrogen) atoms. The van der Waals surface area contributed by atoms with Crippen LogP contribution in [0.25, 0.3) is 6.08 Å². The summed E-state index contributed by atoms with van der Waals surface area (Å²) in [5.74, 6) is -0.143. The van der Waals surface area contributed by atoms with Crippen molar-refractivity contribution in [3.05, 3.63) is 64.6 Å². The Balaban J connectivity index is 1.96. The number of carbonyl (C=O) groups is 1. The van der Waals surface area contributed by atoms with E-state index >= 15 is 0 Å². The zero-order chi connectivity index (χ0) is 15.2. The Morgan fingerprint density at radius 1 is 1.05 bits per heavy atom. The third-order valence-electron chi connectivity index (χ3n) is 2.95. The Hall–Kier alpha value is -2.07. The van der Waals surface area contributed by atoms with Gasteiger partial charge in [0.05, 0.1) is 0 Å². The minimum absolute atomic E-state index is 0.143. The molecule has 0 saturated heterocycles. The molecule has 2 rings (SSSR count). The fraction of sp³-hybridized carbons (Fsp3) is 0.118. The number of hydrogen-bond donors (Lipinski definition) is 1. The number of nitrogens with one attached hydrogen (secondary N) is 1. The van der Waals surface area contributed by atoms with Crippen molar-refractivity contribution in [3.8, 4) is 0 Å². The number of amides is 1. The maximum Gasteiger partial charge on any atom is 0.248 e. The van der Waals surface area contributed by atoms with E-state index in [0.29, 0.717) is 0 Å². The van der Waals surface area contributed by atoms with Crippen LogP contribution in [0.2, 0.25) is 0 Å². The molecule has 0 aliphatic heterocycles. The Morgan fingerprint density at radius 2 is 1.67 bits per heavy atom. The Kier molecular flexibility index (Phi) is 5.17. The molecule has 108 valence electrons. The van der Waals surface area contributed by atoms with Crippen LogP contribution in [0.15, 0.2) is 59.1 Å². The van der Waals surface area contributed by atoms with E-state index in [0.717, 1.165) is 21.4 Å². The molecule has 1 amide bonds. The molecule has 2 aromatic rings. The Bertz CT molecular complexity index is 631. The maximum absolute atomic E-state index is 11.9. The van der Waals surface area contributed by atoms with E-state index in [1.807, 2.05) is 67.5 Å². The average molecular weight is 345 g/mol. The highest BCUT2D eigenvalue weighted by Gasteiger charge is 1.99. The van der Waals surface area contributed by atoms with Gasteiger partial charge < -0.3 is 10.2 Å². The van der Waals surface area contributed by atoms with Gasteiger partial charge in [0.15, 0.2) is 0 Å². The minimum atomic E-state index is -0.143. The normalized spacial score (nSPS) is 10.6. The summed E-state index contributed by atoms with van der Waals surface area (Å²) >= 11 is 3.38. The number of hydrogen-bond acceptors (Lipinski definition) is 2. The summed E-state index contributed by atoms with van der Waals surface area (Å²) in [5, 5.41) is 2.84. The van der Waals surface area contributed by atoms with Gasteiger partial charge >= 0.3 is 0 Å². The number of anilines is 2. The van der Waals surface area contributed by atoms with Gasteiger partial charge in [-0.3, -0.25) is 4.79 Å². The molecule has 0 fully saturated rings. The summed E-state index contributed by atoms with van der Waals surface area (Å²) in [4.78, 5) is 13.9. The molecule has 0 aliphatic carbocycles. The molecule has 0 spiro atoms. The van der Waals surface area contributed by atoms with E-state index < -0.39 is 0 Å². The van der Waals surface area contributed by atoms with Crippen molar-refractivity contribution in [2.24, 2.45) is 0 Å². The first kappa shape index (κ1) is 15.3. The highest BCUT2D eigenvalue weighted by atomic mass is 79.9. The molecule has 0 aromatic heterocycles. The molecule has 1 N–H and O–H groups in total. The summed E-state index contributed by atoms with van der Waals surface area (Å²) in [5.41, 5.74) is 2.86. The molecule has 0 radical (unpaired) electrons. The van der Waals surface area contributed by atoms with Crippen LogP contribution in [0.1, 0.15) is 5.56 Å². The van der Waals surface area contributed by atoms with E-state index in [2.05, 4.69) is 21.2 Å². The van der Waals surface area contributed by atoms with E-state index in [1.165, 1.54) is 6.08 Å². The van der Waals surface area contributed by atoms with Crippen LogP contribution in [0.4, 0.5) is 11.4 Å². The molecule has 0 aliphatic rings. The van der Waals surface area contributed by atoms with Crippen molar-refractivity contribution in [1.82, 2.24) is 0 Å². The molecule has 0 unspecified atom stereocenters. The summed E-state index contributed by atoms with van der Waals surface area (Å²) in [6, 6.07) is 15.5. The Morgan fingerprint density at radius 3 is 2.24 bits per heavy atom. The summed E-state index contributed by atoms with van der Waals surface area (Å²) in [6.45, 7) is 0. The van der Waals surface area contributed by atoms with Crippen LogP contribution < -0.4 is 10.2 Å². The smallest absolute Gasteiger partial charge is 0.248 e. The highest BCUT2D eigenvalue weighted by molar-refractivity contribution is 9.10. The molecule has 0 saturated carbocycles. The van der Waals surface area contributed by atoms with Gasteiger partial charge in [-0.25, -0.2) is 0 Å². The van der Waals surface area contributed by atoms with E-state index in [9.17, 15) is 4.79 Å². The van der Waals surface area contributed by atoms with Gasteiger partial charge in [0.2, 0.25) is 5.91 Å². The van der Waals surface area contributed by atoms with Crippen LogP contribution in [-0.2, 0) is 4.79 Å². The second-order valence-electron chi connectivity index (χ2n) is 4.82. The first-order chi connectivity index (χ1) is 10.0. The van der Waals surface area contributed by atoms with Crippen LogP contribution in [0.5, 0.6) is 0 Å². The monoisotopic (exact) mass is 344 g/mol. The summed E-state index contributed by atoms with van der Waals surface area (Å²) in [6.07, 6.45) is 3.32. The fourth-order valence-electron chi connectivity index (χ4n) is 1.77. The number of halogens is 1. The first-order valence-corrected chi connectivity index (χ1v) is 7.36. The largest absolute Gasteiger partial charge is 0.378 e. The lowest BCUT2D eigenvalue weighted by molar-refractivity contribution is -0.111. The van der Waals surface area contributed by atoms with Crippen LogP contribution in [0.3, 0.4) is 0 Å². The first-order valence-electron chi connectivity index (χ1n) is 6.56. The molecule has 2 aromatic carbocycles. The quantitative estimate of drug-likeness (QED) is 0.844. The topological polar surface area (TPSA) is 32.3 Å². The van der Waals surface area contributed by atoms with Crippen molar-refractivity contribution in [2.45, 2.75) is 0 Å². The lowest BCUT2D eigenvalue weighted by Crippen LogP contribution is -2.10.